The van der Waals surface area contributed by atoms with Gasteiger partial charge < -0.3 is 11.1 Å². The molecule has 0 atom stereocenters. The van der Waals surface area contributed by atoms with Crippen LogP contribution in [0.1, 0.15) is 25.8 Å². The van der Waals surface area contributed by atoms with Crippen molar-refractivity contribution in [2.75, 3.05) is 13.1 Å². The van der Waals surface area contributed by atoms with Crippen molar-refractivity contribution in [3.8, 4) is 0 Å². The third kappa shape index (κ3) is 8.04. The van der Waals surface area contributed by atoms with E-state index in [1.807, 2.05) is 0 Å². The molecule has 0 radical (unpaired) electrons. The molecule has 0 aliphatic heterocycles. The van der Waals surface area contributed by atoms with Crippen LogP contribution in [-0.2, 0) is 6.42 Å². The van der Waals surface area contributed by atoms with Gasteiger partial charge in [0.1, 0.15) is 5.82 Å². The van der Waals surface area contributed by atoms with E-state index < -0.39 is 0 Å². The maximum Gasteiger partial charge on any atom is 0.188 e. The number of guanidine groups is 1. The van der Waals surface area contributed by atoms with Crippen LogP contribution in [0.15, 0.2) is 27.7 Å². The number of aliphatic imine (C=N–C) groups is 1. The maximum atomic E-state index is 13.5. The first-order valence-electron chi connectivity index (χ1n) is 6.46. The summed E-state index contributed by atoms with van der Waals surface area (Å²) >= 11 is 3.33. The summed E-state index contributed by atoms with van der Waals surface area (Å²) in [7, 11) is 0. The van der Waals surface area contributed by atoms with Gasteiger partial charge in [-0.15, -0.1) is 24.0 Å². The van der Waals surface area contributed by atoms with E-state index in [1.54, 1.807) is 12.1 Å². The molecule has 0 fully saturated rings. The standard InChI is InChI=1S/C14H21BrFN3.HI/c1-10(2)5-7-18-14(17)19-8-6-11-9-12(15)3-4-13(11)16;/h3-4,9-10H,5-8H2,1-2H3,(H3,17,18,19);1H. The van der Waals surface area contributed by atoms with Crippen molar-refractivity contribution in [2.45, 2.75) is 26.7 Å². The Balaban J connectivity index is 0.00000361. The fourth-order valence-corrected chi connectivity index (χ4v) is 1.97. The van der Waals surface area contributed by atoms with E-state index in [-0.39, 0.29) is 29.8 Å². The first-order chi connectivity index (χ1) is 8.99. The van der Waals surface area contributed by atoms with Crippen molar-refractivity contribution >= 4 is 45.9 Å². The summed E-state index contributed by atoms with van der Waals surface area (Å²) in [5, 5.41) is 3.00. The van der Waals surface area contributed by atoms with Crippen molar-refractivity contribution in [1.82, 2.24) is 5.32 Å². The van der Waals surface area contributed by atoms with Gasteiger partial charge in [0.25, 0.3) is 0 Å². The Hall–Kier alpha value is -0.370. The van der Waals surface area contributed by atoms with E-state index in [1.165, 1.54) is 6.07 Å². The van der Waals surface area contributed by atoms with Crippen LogP contribution >= 0.6 is 39.9 Å². The molecular formula is C14H22BrFIN3. The molecule has 1 rings (SSSR count). The summed E-state index contributed by atoms with van der Waals surface area (Å²) in [6, 6.07) is 4.93. The van der Waals surface area contributed by atoms with E-state index in [9.17, 15) is 4.39 Å². The summed E-state index contributed by atoms with van der Waals surface area (Å²) < 4.78 is 14.4. The highest BCUT2D eigenvalue weighted by molar-refractivity contribution is 14.0. The monoisotopic (exact) mass is 457 g/mol. The number of hydrogen-bond donors (Lipinski definition) is 2. The zero-order chi connectivity index (χ0) is 14.3. The summed E-state index contributed by atoms with van der Waals surface area (Å²) in [4.78, 5) is 4.22. The van der Waals surface area contributed by atoms with Crippen molar-refractivity contribution in [3.05, 3.63) is 34.1 Å². The minimum Gasteiger partial charge on any atom is -0.370 e. The number of nitrogens with two attached hydrogens (primary N) is 1. The van der Waals surface area contributed by atoms with Gasteiger partial charge in [0.05, 0.1) is 0 Å². The van der Waals surface area contributed by atoms with Crippen LogP contribution in [0.25, 0.3) is 0 Å². The second-order valence-corrected chi connectivity index (χ2v) is 5.78. The maximum absolute atomic E-state index is 13.5. The zero-order valence-corrected chi connectivity index (χ0v) is 15.7. The van der Waals surface area contributed by atoms with Gasteiger partial charge in [-0.2, -0.15) is 0 Å². The molecule has 0 amide bonds. The molecule has 1 aromatic carbocycles. The molecule has 0 heterocycles. The Kier molecular flexibility index (Phi) is 10.2. The van der Waals surface area contributed by atoms with Crippen molar-refractivity contribution < 1.29 is 4.39 Å². The summed E-state index contributed by atoms with van der Waals surface area (Å²) in [5.74, 6) is 0.851. The average Bonchev–Trinajstić information content (AvgIpc) is 2.33. The molecule has 20 heavy (non-hydrogen) atoms. The lowest BCUT2D eigenvalue weighted by molar-refractivity contribution is 0.594. The van der Waals surface area contributed by atoms with Gasteiger partial charge in [0, 0.05) is 17.6 Å². The molecule has 0 saturated carbocycles. The number of nitrogens with zero attached hydrogens (tertiary/aromatic N) is 1. The lowest BCUT2D eigenvalue weighted by Crippen LogP contribution is -2.33. The van der Waals surface area contributed by atoms with E-state index in [0.717, 1.165) is 17.4 Å². The lowest BCUT2D eigenvalue weighted by atomic mass is 10.1. The summed E-state index contributed by atoms with van der Waals surface area (Å²) in [6.45, 7) is 5.59. The molecule has 0 aliphatic carbocycles. The molecule has 0 spiro atoms. The van der Waals surface area contributed by atoms with Crippen LogP contribution < -0.4 is 11.1 Å². The van der Waals surface area contributed by atoms with Crippen LogP contribution in [0.2, 0.25) is 0 Å². The highest BCUT2D eigenvalue weighted by atomic mass is 127. The molecule has 0 unspecified atom stereocenters. The third-order valence-electron chi connectivity index (χ3n) is 2.70. The number of benzene rings is 1. The predicted octanol–water partition coefficient (Wildman–Crippen LogP) is 3.70. The number of halogens is 3. The quantitative estimate of drug-likeness (QED) is 0.388. The lowest BCUT2D eigenvalue weighted by Gasteiger charge is -2.07. The SMILES string of the molecule is CC(C)CCN=C(N)NCCc1cc(Br)ccc1F.I. The van der Waals surface area contributed by atoms with Crippen molar-refractivity contribution in [3.63, 3.8) is 0 Å². The van der Waals surface area contributed by atoms with Crippen LogP contribution in [0.4, 0.5) is 4.39 Å². The largest absolute Gasteiger partial charge is 0.370 e. The Morgan fingerprint density at radius 3 is 2.80 bits per heavy atom. The third-order valence-corrected chi connectivity index (χ3v) is 3.19. The number of rotatable bonds is 6. The topological polar surface area (TPSA) is 50.4 Å². The molecule has 114 valence electrons. The van der Waals surface area contributed by atoms with Gasteiger partial charge in [-0.25, -0.2) is 4.39 Å². The zero-order valence-electron chi connectivity index (χ0n) is 11.8. The fourth-order valence-electron chi connectivity index (χ4n) is 1.56. The van der Waals surface area contributed by atoms with Gasteiger partial charge >= 0.3 is 0 Å². The molecule has 0 aliphatic rings. The highest BCUT2D eigenvalue weighted by Crippen LogP contribution is 2.15. The van der Waals surface area contributed by atoms with Gasteiger partial charge in [-0.1, -0.05) is 29.8 Å². The molecule has 0 aromatic heterocycles. The van der Waals surface area contributed by atoms with Gasteiger partial charge in [0.15, 0.2) is 5.96 Å². The van der Waals surface area contributed by atoms with Crippen LogP contribution in [-0.4, -0.2) is 19.0 Å². The van der Waals surface area contributed by atoms with Crippen LogP contribution in [0, 0.1) is 11.7 Å². The Bertz CT molecular complexity index is 438. The summed E-state index contributed by atoms with van der Waals surface area (Å²) in [5.41, 5.74) is 6.39. The second kappa shape index (κ2) is 10.4. The molecule has 0 saturated heterocycles. The highest BCUT2D eigenvalue weighted by Gasteiger charge is 2.02. The minimum atomic E-state index is -0.194. The molecule has 6 heteroatoms. The molecule has 0 bridgehead atoms. The Labute approximate surface area is 145 Å². The van der Waals surface area contributed by atoms with E-state index in [0.29, 0.717) is 30.4 Å². The molecular weight excluding hydrogens is 436 g/mol. The van der Waals surface area contributed by atoms with E-state index in [4.69, 9.17) is 5.73 Å². The van der Waals surface area contributed by atoms with Crippen LogP contribution in [0.3, 0.4) is 0 Å². The Morgan fingerprint density at radius 1 is 1.45 bits per heavy atom. The van der Waals surface area contributed by atoms with Crippen LogP contribution in [0.5, 0.6) is 0 Å². The van der Waals surface area contributed by atoms with Crippen molar-refractivity contribution in [1.29, 1.82) is 0 Å². The second-order valence-electron chi connectivity index (χ2n) is 4.86. The minimum absolute atomic E-state index is 0. The fraction of sp³-hybridized carbons (Fsp3) is 0.500. The number of hydrogen-bond acceptors (Lipinski definition) is 1. The first-order valence-corrected chi connectivity index (χ1v) is 7.26. The van der Waals surface area contributed by atoms with E-state index >= 15 is 0 Å². The number of nitrogens with one attached hydrogen (secondary N) is 1. The van der Waals surface area contributed by atoms with E-state index in [2.05, 4.69) is 40.1 Å². The predicted molar refractivity (Wildman–Crippen MR) is 97.2 cm³/mol. The van der Waals surface area contributed by atoms with Gasteiger partial charge in [0.2, 0.25) is 0 Å². The first kappa shape index (κ1) is 19.6. The van der Waals surface area contributed by atoms with Gasteiger partial charge in [-0.05, 0) is 42.5 Å². The smallest absolute Gasteiger partial charge is 0.188 e. The normalized spacial score (nSPS) is 11.3. The van der Waals surface area contributed by atoms with Gasteiger partial charge in [-0.3, -0.25) is 4.99 Å². The average molecular weight is 458 g/mol. The molecule has 1 aromatic rings. The van der Waals surface area contributed by atoms with Crippen molar-refractivity contribution in [2.24, 2.45) is 16.6 Å². The molecule has 3 nitrogen and oxygen atoms in total. The summed E-state index contributed by atoms with van der Waals surface area (Å²) in [6.07, 6.45) is 1.59. The Morgan fingerprint density at radius 2 is 2.15 bits per heavy atom. The molecule has 3 N–H and O–H groups in total.